The molecular weight excluding hydrogens is 186 g/mol. The van der Waals surface area contributed by atoms with Crippen LogP contribution in [0, 0.1) is 21.4 Å². The summed E-state index contributed by atoms with van der Waals surface area (Å²) in [5.74, 6) is -0.453. The molecule has 0 saturated heterocycles. The number of aliphatic imine (C=N–C) groups is 1. The lowest BCUT2D eigenvalue weighted by atomic mass is 10.3. The second-order valence-corrected chi connectivity index (χ2v) is 2.54. The minimum atomic E-state index is -0.710. The highest BCUT2D eigenvalue weighted by Crippen LogP contribution is 2.07. The zero-order valence-electron chi connectivity index (χ0n) is 8.02. The first-order valence-electron chi connectivity index (χ1n) is 3.99. The van der Waals surface area contributed by atoms with Crippen LogP contribution in [0.3, 0.4) is 0 Å². The van der Waals surface area contributed by atoms with E-state index < -0.39 is 17.4 Å². The molecule has 0 aliphatic rings. The van der Waals surface area contributed by atoms with Crippen molar-refractivity contribution in [1.82, 2.24) is 0 Å². The van der Waals surface area contributed by atoms with Crippen molar-refractivity contribution in [3.8, 4) is 6.07 Å². The van der Waals surface area contributed by atoms with Gasteiger partial charge in [0.05, 0.1) is 6.61 Å². The molecule has 6 heteroatoms. The fraction of sp³-hybridized carbons (Fsp3) is 0.500. The Kier molecular flexibility index (Phi) is 5.10. The highest BCUT2D eigenvalue weighted by molar-refractivity contribution is 5.98. The van der Waals surface area contributed by atoms with Crippen molar-refractivity contribution in [2.24, 2.45) is 4.99 Å². The molecule has 0 aromatic carbocycles. The van der Waals surface area contributed by atoms with E-state index in [1.807, 2.05) is 0 Å². The van der Waals surface area contributed by atoms with Gasteiger partial charge in [0.25, 0.3) is 0 Å². The molecule has 0 spiro atoms. The molecule has 0 amide bonds. The Morgan fingerprint density at radius 2 is 2.29 bits per heavy atom. The summed E-state index contributed by atoms with van der Waals surface area (Å²) >= 11 is 0. The number of rotatable bonds is 4. The van der Waals surface area contributed by atoms with Gasteiger partial charge in [-0.2, -0.15) is 5.26 Å². The van der Waals surface area contributed by atoms with Gasteiger partial charge in [0.15, 0.2) is 0 Å². The Balaban J connectivity index is 5.18. The molecule has 0 heterocycles. The molecule has 76 valence electrons. The maximum atomic E-state index is 10.5. The zero-order chi connectivity index (χ0) is 11.1. The van der Waals surface area contributed by atoms with E-state index >= 15 is 0 Å². The van der Waals surface area contributed by atoms with Gasteiger partial charge in [0.2, 0.25) is 5.71 Å². The van der Waals surface area contributed by atoms with E-state index in [4.69, 9.17) is 10.4 Å². The van der Waals surface area contributed by atoms with Crippen LogP contribution in [0.1, 0.15) is 20.3 Å². The maximum Gasteiger partial charge on any atom is 0.365 e. The van der Waals surface area contributed by atoms with Gasteiger partial charge in [-0.15, -0.1) is 0 Å². The van der Waals surface area contributed by atoms with Gasteiger partial charge in [-0.1, -0.05) is 6.92 Å². The molecule has 6 nitrogen and oxygen atoms in total. The first-order chi connectivity index (χ1) is 6.56. The number of aliphatic hydroxyl groups excluding tert-OH is 1. The third-order valence-corrected chi connectivity index (χ3v) is 1.50. The van der Waals surface area contributed by atoms with Crippen molar-refractivity contribution in [2.45, 2.75) is 20.3 Å². The average Bonchev–Trinajstić information content (AvgIpc) is 2.18. The first kappa shape index (κ1) is 12.3. The van der Waals surface area contributed by atoms with E-state index in [0.717, 1.165) is 0 Å². The summed E-state index contributed by atoms with van der Waals surface area (Å²) in [4.78, 5) is 13.3. The molecule has 0 saturated carbocycles. The van der Waals surface area contributed by atoms with E-state index in [-0.39, 0.29) is 11.3 Å². The lowest BCUT2D eigenvalue weighted by Crippen LogP contribution is -2.05. The van der Waals surface area contributed by atoms with Crippen LogP contribution >= 0.6 is 0 Å². The van der Waals surface area contributed by atoms with Crippen LogP contribution in [0.15, 0.2) is 16.4 Å². The Labute approximate surface area is 81.3 Å². The van der Waals surface area contributed by atoms with E-state index in [1.54, 1.807) is 13.0 Å². The van der Waals surface area contributed by atoms with Gasteiger partial charge in [-0.25, -0.2) is 0 Å². The van der Waals surface area contributed by atoms with Crippen LogP contribution in [0.4, 0.5) is 0 Å². The fourth-order valence-electron chi connectivity index (χ4n) is 0.674. The maximum absolute atomic E-state index is 10.5. The monoisotopic (exact) mass is 197 g/mol. The molecular formula is C8H11N3O3. The highest BCUT2D eigenvalue weighted by atomic mass is 16.6. The number of aliphatic hydroxyl groups is 1. The third kappa shape index (κ3) is 3.33. The quantitative estimate of drug-likeness (QED) is 0.410. The summed E-state index contributed by atoms with van der Waals surface area (Å²) < 4.78 is 0. The van der Waals surface area contributed by atoms with Crippen molar-refractivity contribution in [1.29, 1.82) is 5.26 Å². The van der Waals surface area contributed by atoms with Gasteiger partial charge in [0, 0.05) is 12.0 Å². The lowest BCUT2D eigenvalue weighted by molar-refractivity contribution is -0.427. The van der Waals surface area contributed by atoms with Gasteiger partial charge in [-0.05, 0) is 16.8 Å². The molecule has 0 radical (unpaired) electrons. The summed E-state index contributed by atoms with van der Waals surface area (Å²) in [7, 11) is 0. The molecule has 0 aromatic rings. The van der Waals surface area contributed by atoms with E-state index in [0.29, 0.717) is 6.42 Å². The zero-order valence-corrected chi connectivity index (χ0v) is 8.02. The molecule has 0 aliphatic carbocycles. The number of hydrogen-bond acceptors (Lipinski definition) is 5. The van der Waals surface area contributed by atoms with Gasteiger partial charge >= 0.3 is 5.82 Å². The molecule has 0 atom stereocenters. The molecule has 1 N–H and O–H groups in total. The average molecular weight is 197 g/mol. The van der Waals surface area contributed by atoms with Crippen LogP contribution < -0.4 is 0 Å². The molecule has 14 heavy (non-hydrogen) atoms. The lowest BCUT2D eigenvalue weighted by Gasteiger charge is -1.96. The Hall–Kier alpha value is -1.74. The minimum Gasteiger partial charge on any atom is -0.392 e. The highest BCUT2D eigenvalue weighted by Gasteiger charge is 2.15. The molecule has 0 fully saturated rings. The number of nitriles is 1. The number of nitro groups is 1. The van der Waals surface area contributed by atoms with Crippen LogP contribution in [0.25, 0.3) is 0 Å². The van der Waals surface area contributed by atoms with Crippen LogP contribution in [0.5, 0.6) is 0 Å². The van der Waals surface area contributed by atoms with Crippen molar-refractivity contribution in [2.75, 3.05) is 6.61 Å². The summed E-state index contributed by atoms with van der Waals surface area (Å²) in [5, 5.41) is 27.7. The first-order valence-corrected chi connectivity index (χ1v) is 3.99. The molecule has 0 unspecified atom stereocenters. The van der Waals surface area contributed by atoms with E-state index in [1.165, 1.54) is 6.92 Å². The van der Waals surface area contributed by atoms with Gasteiger partial charge < -0.3 is 15.2 Å². The molecule has 0 bridgehead atoms. The Bertz CT molecular complexity index is 325. The molecule has 0 aromatic heterocycles. The van der Waals surface area contributed by atoms with Crippen molar-refractivity contribution < 1.29 is 10.0 Å². The van der Waals surface area contributed by atoms with Crippen LogP contribution in [-0.4, -0.2) is 22.3 Å². The standard InChI is InChI=1S/C8H11N3O3/c1-3-7(4-9)10-8(11(13)14)6(2)5-12/h12H,3,5H2,1-2H3/b8-6-,10-7?. The third-order valence-electron chi connectivity index (χ3n) is 1.50. The number of hydrogen-bond donors (Lipinski definition) is 1. The Morgan fingerprint density at radius 1 is 1.71 bits per heavy atom. The van der Waals surface area contributed by atoms with Crippen molar-refractivity contribution in [3.05, 3.63) is 21.5 Å². The second-order valence-electron chi connectivity index (χ2n) is 2.54. The van der Waals surface area contributed by atoms with Crippen molar-refractivity contribution >= 4 is 5.71 Å². The predicted octanol–water partition coefficient (Wildman–Crippen LogP) is 0.861. The van der Waals surface area contributed by atoms with Crippen LogP contribution in [-0.2, 0) is 0 Å². The largest absolute Gasteiger partial charge is 0.392 e. The minimum absolute atomic E-state index is 0.0736. The topological polar surface area (TPSA) is 99.5 Å². The van der Waals surface area contributed by atoms with Gasteiger partial charge in [0.1, 0.15) is 6.07 Å². The smallest absolute Gasteiger partial charge is 0.365 e. The van der Waals surface area contributed by atoms with Gasteiger partial charge in [-0.3, -0.25) is 0 Å². The summed E-state index contributed by atoms with van der Waals surface area (Å²) in [6, 6.07) is 1.75. The normalized spacial score (nSPS) is 13.1. The predicted molar refractivity (Wildman–Crippen MR) is 50.1 cm³/mol. The fourth-order valence-corrected chi connectivity index (χ4v) is 0.674. The van der Waals surface area contributed by atoms with E-state index in [2.05, 4.69) is 4.99 Å². The Morgan fingerprint density at radius 3 is 2.57 bits per heavy atom. The summed E-state index contributed by atoms with van der Waals surface area (Å²) in [6.45, 7) is 2.63. The molecule has 0 rings (SSSR count). The summed E-state index contributed by atoms with van der Waals surface area (Å²) in [5.41, 5.74) is 0.209. The van der Waals surface area contributed by atoms with E-state index in [9.17, 15) is 10.1 Å². The van der Waals surface area contributed by atoms with Crippen LogP contribution in [0.2, 0.25) is 0 Å². The number of nitrogens with zero attached hydrogens (tertiary/aromatic N) is 3. The van der Waals surface area contributed by atoms with Crippen molar-refractivity contribution in [3.63, 3.8) is 0 Å². The SMILES string of the molecule is CCC(C#N)=N/C(=C(\C)CO)[N+](=O)[O-]. The molecule has 0 aliphatic heterocycles. The second kappa shape index (κ2) is 5.83. The summed E-state index contributed by atoms with van der Waals surface area (Å²) in [6.07, 6.45) is 0.326.